The minimum atomic E-state index is -1.17. The third-order valence-corrected chi connectivity index (χ3v) is 4.59. The third-order valence-electron chi connectivity index (χ3n) is 4.37. The topological polar surface area (TPSA) is 149 Å². The Bertz CT molecular complexity index is 1090. The number of aromatic nitrogens is 1. The van der Waals surface area contributed by atoms with Crippen LogP contribution in [0.2, 0.25) is 5.02 Å². The van der Waals surface area contributed by atoms with E-state index in [4.69, 9.17) is 16.3 Å². The predicted molar refractivity (Wildman–Crippen MR) is 107 cm³/mol. The Morgan fingerprint density at radius 1 is 1.26 bits per heavy atom. The van der Waals surface area contributed by atoms with Gasteiger partial charge in [-0.3, -0.25) is 34.2 Å². The number of imide groups is 1. The fourth-order valence-electron chi connectivity index (χ4n) is 2.86. The van der Waals surface area contributed by atoms with Crippen LogP contribution in [0.25, 0.3) is 0 Å². The molecule has 2 aromatic rings. The van der Waals surface area contributed by atoms with E-state index in [-0.39, 0.29) is 23.5 Å². The number of carbonyl (C=O) groups is 4. The summed E-state index contributed by atoms with van der Waals surface area (Å²) in [6.45, 7) is 0.990. The van der Waals surface area contributed by atoms with E-state index in [0.29, 0.717) is 5.02 Å². The highest BCUT2D eigenvalue weighted by atomic mass is 35.5. The average Bonchev–Trinajstić information content (AvgIpc) is 2.98. The van der Waals surface area contributed by atoms with Crippen LogP contribution in [0.1, 0.15) is 34.1 Å². The molecule has 3 amide bonds. The number of hydrogen-bond acceptors (Lipinski definition) is 8. The van der Waals surface area contributed by atoms with Crippen LogP contribution in [0.4, 0.5) is 11.5 Å². The molecule has 160 valence electrons. The lowest BCUT2D eigenvalue weighted by molar-refractivity contribution is -0.385. The van der Waals surface area contributed by atoms with E-state index in [1.165, 1.54) is 37.4 Å². The van der Waals surface area contributed by atoms with Crippen molar-refractivity contribution in [3.63, 3.8) is 0 Å². The standard InChI is InChI=1S/C19H15ClN4O7/c1-10(17(26)22-14-6-5-11(20)9-21-14)31-15(25)7-8-23-18(27)12-3-2-4-13(24(29)30)16(12)19(23)28/h2-6,9-10H,7-8H2,1H3,(H,21,22,26)/t10-/m1/s1. The number of esters is 1. The van der Waals surface area contributed by atoms with E-state index >= 15 is 0 Å². The van der Waals surface area contributed by atoms with Crippen LogP contribution in [0.15, 0.2) is 36.5 Å². The molecular formula is C19H15ClN4O7. The zero-order chi connectivity index (χ0) is 22.7. The molecule has 0 spiro atoms. The smallest absolute Gasteiger partial charge is 0.308 e. The van der Waals surface area contributed by atoms with Crippen LogP contribution in [0, 0.1) is 10.1 Å². The molecule has 1 aromatic carbocycles. The molecule has 31 heavy (non-hydrogen) atoms. The molecule has 3 rings (SSSR count). The molecule has 0 unspecified atom stereocenters. The first-order valence-electron chi connectivity index (χ1n) is 8.94. The molecule has 1 atom stereocenters. The van der Waals surface area contributed by atoms with E-state index in [1.807, 2.05) is 0 Å². The fraction of sp³-hybridized carbons (Fsp3) is 0.211. The molecule has 0 saturated carbocycles. The highest BCUT2D eigenvalue weighted by Gasteiger charge is 2.40. The molecule has 11 nitrogen and oxygen atoms in total. The summed E-state index contributed by atoms with van der Waals surface area (Å²) in [4.78, 5) is 64.1. The molecule has 0 bridgehead atoms. The van der Waals surface area contributed by atoms with Gasteiger partial charge in [-0.2, -0.15) is 0 Å². The number of anilines is 1. The van der Waals surface area contributed by atoms with E-state index in [1.54, 1.807) is 0 Å². The monoisotopic (exact) mass is 446 g/mol. The third kappa shape index (κ3) is 4.67. The Morgan fingerprint density at radius 3 is 2.65 bits per heavy atom. The predicted octanol–water partition coefficient (Wildman–Crippen LogP) is 2.20. The van der Waals surface area contributed by atoms with Crippen molar-refractivity contribution in [3.8, 4) is 0 Å². The number of amides is 3. The van der Waals surface area contributed by atoms with Gasteiger partial charge in [-0.05, 0) is 25.1 Å². The lowest BCUT2D eigenvalue weighted by Crippen LogP contribution is -2.34. The number of nitrogens with zero attached hydrogens (tertiary/aromatic N) is 3. The van der Waals surface area contributed by atoms with Gasteiger partial charge in [0, 0.05) is 18.8 Å². The summed E-state index contributed by atoms with van der Waals surface area (Å²) < 4.78 is 5.02. The summed E-state index contributed by atoms with van der Waals surface area (Å²) in [5, 5.41) is 13.9. The van der Waals surface area contributed by atoms with Gasteiger partial charge in [0.1, 0.15) is 11.4 Å². The number of carbonyl (C=O) groups excluding carboxylic acids is 4. The van der Waals surface area contributed by atoms with Crippen LogP contribution in [-0.2, 0) is 14.3 Å². The van der Waals surface area contributed by atoms with Crippen LogP contribution in [0.5, 0.6) is 0 Å². The maximum atomic E-state index is 12.5. The first-order chi connectivity index (χ1) is 14.7. The molecule has 1 aromatic heterocycles. The van der Waals surface area contributed by atoms with Crippen LogP contribution in [-0.4, -0.2) is 51.1 Å². The number of benzene rings is 1. The van der Waals surface area contributed by atoms with Gasteiger partial charge >= 0.3 is 5.97 Å². The van der Waals surface area contributed by atoms with Gasteiger partial charge in [-0.15, -0.1) is 0 Å². The molecule has 1 aliphatic heterocycles. The SMILES string of the molecule is C[C@@H](OC(=O)CCN1C(=O)c2cccc([N+](=O)[O-])c2C1=O)C(=O)Nc1ccc(Cl)cn1. The lowest BCUT2D eigenvalue weighted by Gasteiger charge is -2.15. The van der Waals surface area contributed by atoms with Crippen molar-refractivity contribution in [2.24, 2.45) is 0 Å². The number of nitrogens with one attached hydrogen (secondary N) is 1. The van der Waals surface area contributed by atoms with Crippen LogP contribution >= 0.6 is 11.6 Å². The van der Waals surface area contributed by atoms with Crippen molar-refractivity contribution in [3.05, 3.63) is 62.8 Å². The van der Waals surface area contributed by atoms with Gasteiger partial charge in [0.15, 0.2) is 6.10 Å². The van der Waals surface area contributed by atoms with Crippen molar-refractivity contribution in [1.82, 2.24) is 9.88 Å². The zero-order valence-corrected chi connectivity index (χ0v) is 16.8. The fourth-order valence-corrected chi connectivity index (χ4v) is 2.97. The number of halogens is 1. The second kappa shape index (κ2) is 8.88. The van der Waals surface area contributed by atoms with Gasteiger partial charge in [-0.1, -0.05) is 17.7 Å². The zero-order valence-electron chi connectivity index (χ0n) is 16.0. The number of pyridine rings is 1. The highest BCUT2D eigenvalue weighted by Crippen LogP contribution is 2.30. The van der Waals surface area contributed by atoms with Gasteiger partial charge in [-0.25, -0.2) is 4.98 Å². The van der Waals surface area contributed by atoms with Crippen molar-refractivity contribution in [1.29, 1.82) is 0 Å². The Hall–Kier alpha value is -3.86. The molecule has 0 fully saturated rings. The van der Waals surface area contributed by atoms with E-state index in [2.05, 4.69) is 10.3 Å². The largest absolute Gasteiger partial charge is 0.452 e. The first-order valence-corrected chi connectivity index (χ1v) is 9.32. The molecule has 0 radical (unpaired) electrons. The Morgan fingerprint density at radius 2 is 2.00 bits per heavy atom. The molecular weight excluding hydrogens is 432 g/mol. The van der Waals surface area contributed by atoms with Crippen molar-refractivity contribution in [2.75, 3.05) is 11.9 Å². The number of nitro groups is 1. The Balaban J connectivity index is 1.57. The Labute approximate surface area is 180 Å². The quantitative estimate of drug-likeness (QED) is 0.294. The maximum absolute atomic E-state index is 12.5. The maximum Gasteiger partial charge on any atom is 0.308 e. The van der Waals surface area contributed by atoms with Crippen LogP contribution < -0.4 is 5.32 Å². The van der Waals surface area contributed by atoms with E-state index in [0.717, 1.165) is 11.0 Å². The highest BCUT2D eigenvalue weighted by molar-refractivity contribution is 6.30. The van der Waals surface area contributed by atoms with E-state index in [9.17, 15) is 29.3 Å². The minimum absolute atomic E-state index is 0.101. The second-order valence-corrected chi connectivity index (χ2v) is 6.89. The summed E-state index contributed by atoms with van der Waals surface area (Å²) >= 11 is 5.71. The number of nitro benzene ring substituents is 1. The molecule has 2 heterocycles. The summed E-state index contributed by atoms with van der Waals surface area (Å²) in [6, 6.07) is 6.72. The normalized spacial score (nSPS) is 13.5. The molecule has 1 aliphatic rings. The summed E-state index contributed by atoms with van der Waals surface area (Å²) in [6.07, 6.45) is -0.232. The summed E-state index contributed by atoms with van der Waals surface area (Å²) in [5.74, 6) is -2.86. The summed E-state index contributed by atoms with van der Waals surface area (Å²) in [7, 11) is 0. The van der Waals surface area contributed by atoms with Gasteiger partial charge in [0.2, 0.25) is 0 Å². The minimum Gasteiger partial charge on any atom is -0.452 e. The first kappa shape index (κ1) is 21.8. The second-order valence-electron chi connectivity index (χ2n) is 6.45. The van der Waals surface area contributed by atoms with Gasteiger partial charge in [0.05, 0.1) is 21.9 Å². The summed E-state index contributed by atoms with van der Waals surface area (Å²) in [5.41, 5.74) is -0.896. The van der Waals surface area contributed by atoms with Crippen molar-refractivity contribution in [2.45, 2.75) is 19.4 Å². The number of ether oxygens (including phenoxy) is 1. The lowest BCUT2D eigenvalue weighted by atomic mass is 10.1. The van der Waals surface area contributed by atoms with Gasteiger partial charge in [0.25, 0.3) is 23.4 Å². The number of hydrogen-bond donors (Lipinski definition) is 1. The number of rotatable bonds is 7. The number of fused-ring (bicyclic) bond motifs is 1. The van der Waals surface area contributed by atoms with Crippen molar-refractivity contribution < 1.29 is 28.8 Å². The molecule has 1 N–H and O–H groups in total. The van der Waals surface area contributed by atoms with E-state index < -0.39 is 46.8 Å². The molecule has 12 heteroatoms. The van der Waals surface area contributed by atoms with Crippen molar-refractivity contribution >= 4 is 46.8 Å². The molecule has 0 saturated heterocycles. The molecule has 0 aliphatic carbocycles. The van der Waals surface area contributed by atoms with Gasteiger partial charge < -0.3 is 10.1 Å². The average molecular weight is 447 g/mol. The van der Waals surface area contributed by atoms with Crippen LogP contribution in [0.3, 0.4) is 0 Å². The Kier molecular flexibility index (Phi) is 6.25.